The molecule has 0 bridgehead atoms. The third-order valence-electron chi connectivity index (χ3n) is 3.80. The van der Waals surface area contributed by atoms with Gasteiger partial charge in [-0.3, -0.25) is 4.79 Å². The first-order valence-electron chi connectivity index (χ1n) is 7.59. The van der Waals surface area contributed by atoms with Gasteiger partial charge in [-0.25, -0.2) is 0 Å². The van der Waals surface area contributed by atoms with Crippen LogP contribution in [0.15, 0.2) is 6.07 Å². The van der Waals surface area contributed by atoms with Crippen molar-refractivity contribution in [2.24, 2.45) is 0 Å². The van der Waals surface area contributed by atoms with Crippen molar-refractivity contribution in [2.75, 3.05) is 6.54 Å². The summed E-state index contributed by atoms with van der Waals surface area (Å²) in [6.45, 7) is 6.13. The number of nitrogens with zero attached hydrogens (tertiary/aromatic N) is 1. The van der Waals surface area contributed by atoms with Gasteiger partial charge in [0, 0.05) is 17.5 Å². The Labute approximate surface area is 125 Å². The van der Waals surface area contributed by atoms with E-state index in [0.29, 0.717) is 6.54 Å². The molecule has 0 aromatic carbocycles. The van der Waals surface area contributed by atoms with E-state index in [9.17, 15) is 9.90 Å². The number of aryl methyl sites for hydroxylation is 2. The van der Waals surface area contributed by atoms with E-state index in [0.717, 1.165) is 17.7 Å². The predicted molar refractivity (Wildman–Crippen MR) is 83.4 cm³/mol. The Morgan fingerprint density at radius 3 is 2.65 bits per heavy atom. The minimum absolute atomic E-state index is 0.0685. The highest BCUT2D eigenvalue weighted by molar-refractivity contribution is 7.14. The molecule has 0 fully saturated rings. The van der Waals surface area contributed by atoms with Gasteiger partial charge in [0.05, 0.1) is 11.0 Å². The van der Waals surface area contributed by atoms with Gasteiger partial charge < -0.3 is 10.0 Å². The van der Waals surface area contributed by atoms with Crippen molar-refractivity contribution >= 4 is 17.2 Å². The van der Waals surface area contributed by atoms with Crippen molar-refractivity contribution in [1.82, 2.24) is 4.90 Å². The normalized spacial score (nSPS) is 16.6. The smallest absolute Gasteiger partial charge is 0.264 e. The van der Waals surface area contributed by atoms with Crippen LogP contribution in [-0.4, -0.2) is 34.6 Å². The number of hydrogen-bond acceptors (Lipinski definition) is 3. The summed E-state index contributed by atoms with van der Waals surface area (Å²) in [5.41, 5.74) is 1.37. The van der Waals surface area contributed by atoms with Gasteiger partial charge in [-0.1, -0.05) is 6.42 Å². The molecule has 1 aromatic heterocycles. The average molecular weight is 295 g/mol. The second-order valence-corrected chi connectivity index (χ2v) is 7.16. The number of aliphatic hydroxyl groups excluding tert-OH is 1. The first-order chi connectivity index (χ1) is 9.49. The lowest BCUT2D eigenvalue weighted by Crippen LogP contribution is -2.41. The Kier molecular flexibility index (Phi) is 5.22. The third-order valence-corrected chi connectivity index (χ3v) is 5.03. The van der Waals surface area contributed by atoms with Crippen molar-refractivity contribution in [3.63, 3.8) is 0 Å². The Balaban J connectivity index is 2.19. The fraction of sp³-hybridized carbons (Fsp3) is 0.688. The Morgan fingerprint density at radius 2 is 2.00 bits per heavy atom. The van der Waals surface area contributed by atoms with E-state index in [2.05, 4.69) is 6.07 Å². The second-order valence-electron chi connectivity index (χ2n) is 6.02. The molecule has 1 aliphatic rings. The SMILES string of the molecule is CC(O)CN(C(=O)c1cc2c(s1)CCCCC2)C(C)C. The Morgan fingerprint density at radius 1 is 1.30 bits per heavy atom. The lowest BCUT2D eigenvalue weighted by molar-refractivity contribution is 0.0583. The highest BCUT2D eigenvalue weighted by Crippen LogP contribution is 2.30. The molecule has 1 heterocycles. The van der Waals surface area contributed by atoms with Gasteiger partial charge in [-0.05, 0) is 58.1 Å². The van der Waals surface area contributed by atoms with E-state index < -0.39 is 6.10 Å². The van der Waals surface area contributed by atoms with Crippen LogP contribution in [0.2, 0.25) is 0 Å². The van der Waals surface area contributed by atoms with Gasteiger partial charge in [-0.15, -0.1) is 11.3 Å². The van der Waals surface area contributed by atoms with Gasteiger partial charge in [0.1, 0.15) is 0 Å². The predicted octanol–water partition coefficient (Wildman–Crippen LogP) is 3.25. The first kappa shape index (κ1) is 15.5. The van der Waals surface area contributed by atoms with E-state index in [1.807, 2.05) is 13.8 Å². The number of amides is 1. The van der Waals surface area contributed by atoms with E-state index in [1.54, 1.807) is 23.2 Å². The topological polar surface area (TPSA) is 40.5 Å². The quantitative estimate of drug-likeness (QED) is 0.866. The molecule has 0 spiro atoms. The summed E-state index contributed by atoms with van der Waals surface area (Å²) in [4.78, 5) is 16.7. The van der Waals surface area contributed by atoms with Crippen LogP contribution < -0.4 is 0 Å². The van der Waals surface area contributed by atoms with Crippen molar-refractivity contribution < 1.29 is 9.90 Å². The largest absolute Gasteiger partial charge is 0.392 e. The molecule has 1 atom stereocenters. The molecule has 3 nitrogen and oxygen atoms in total. The zero-order valence-corrected chi connectivity index (χ0v) is 13.5. The lowest BCUT2D eigenvalue weighted by Gasteiger charge is -2.27. The van der Waals surface area contributed by atoms with Crippen LogP contribution in [0.1, 0.15) is 60.1 Å². The molecule has 20 heavy (non-hydrogen) atoms. The van der Waals surface area contributed by atoms with Gasteiger partial charge in [0.2, 0.25) is 0 Å². The molecule has 1 amide bonds. The number of aliphatic hydroxyl groups is 1. The maximum Gasteiger partial charge on any atom is 0.264 e. The van der Waals surface area contributed by atoms with Crippen molar-refractivity contribution in [1.29, 1.82) is 0 Å². The summed E-state index contributed by atoms with van der Waals surface area (Å²) in [6.07, 6.45) is 5.51. The zero-order chi connectivity index (χ0) is 14.7. The lowest BCUT2D eigenvalue weighted by atomic mass is 10.1. The number of rotatable bonds is 4. The molecule has 0 aliphatic heterocycles. The van der Waals surface area contributed by atoms with Crippen LogP contribution in [0.25, 0.3) is 0 Å². The van der Waals surface area contributed by atoms with Crippen LogP contribution in [-0.2, 0) is 12.8 Å². The molecule has 1 N–H and O–H groups in total. The molecular formula is C16H25NO2S. The molecule has 1 aromatic rings. The number of hydrogen-bond donors (Lipinski definition) is 1. The zero-order valence-electron chi connectivity index (χ0n) is 12.7. The van der Waals surface area contributed by atoms with E-state index in [-0.39, 0.29) is 11.9 Å². The van der Waals surface area contributed by atoms with Gasteiger partial charge >= 0.3 is 0 Å². The van der Waals surface area contributed by atoms with Crippen molar-refractivity contribution in [3.8, 4) is 0 Å². The summed E-state index contributed by atoms with van der Waals surface area (Å²) in [6, 6.07) is 2.20. The highest BCUT2D eigenvalue weighted by Gasteiger charge is 2.23. The van der Waals surface area contributed by atoms with Crippen LogP contribution >= 0.6 is 11.3 Å². The van der Waals surface area contributed by atoms with Gasteiger partial charge in [0.15, 0.2) is 0 Å². The van der Waals surface area contributed by atoms with Gasteiger partial charge in [-0.2, -0.15) is 0 Å². The first-order valence-corrected chi connectivity index (χ1v) is 8.41. The Hall–Kier alpha value is -0.870. The summed E-state index contributed by atoms with van der Waals surface area (Å²) in [5.74, 6) is 0.0685. The van der Waals surface area contributed by atoms with E-state index >= 15 is 0 Å². The molecule has 0 saturated carbocycles. The van der Waals surface area contributed by atoms with E-state index in [1.165, 1.54) is 29.7 Å². The second kappa shape index (κ2) is 6.72. The molecule has 0 saturated heterocycles. The number of thiophene rings is 1. The standard InChI is InChI=1S/C16H25NO2S/c1-11(2)17(10-12(3)18)16(19)15-9-13-7-5-4-6-8-14(13)20-15/h9,11-12,18H,4-8,10H2,1-3H3. The third kappa shape index (κ3) is 3.61. The van der Waals surface area contributed by atoms with Crippen LogP contribution in [0.4, 0.5) is 0 Å². The molecule has 1 unspecified atom stereocenters. The average Bonchev–Trinajstić information content (AvgIpc) is 2.66. The molecule has 2 rings (SSSR count). The molecule has 1 aliphatic carbocycles. The molecule has 0 radical (unpaired) electrons. The number of carbonyl (C=O) groups is 1. The fourth-order valence-corrected chi connectivity index (χ4v) is 3.94. The number of carbonyl (C=O) groups excluding carboxylic acids is 1. The van der Waals surface area contributed by atoms with Crippen molar-refractivity contribution in [2.45, 2.75) is 65.0 Å². The molecule has 4 heteroatoms. The van der Waals surface area contributed by atoms with Crippen LogP contribution in [0.5, 0.6) is 0 Å². The maximum absolute atomic E-state index is 12.7. The molecular weight excluding hydrogens is 270 g/mol. The fourth-order valence-electron chi connectivity index (χ4n) is 2.73. The minimum Gasteiger partial charge on any atom is -0.392 e. The van der Waals surface area contributed by atoms with E-state index in [4.69, 9.17) is 0 Å². The summed E-state index contributed by atoms with van der Waals surface area (Å²) >= 11 is 1.66. The summed E-state index contributed by atoms with van der Waals surface area (Å²) in [7, 11) is 0. The summed E-state index contributed by atoms with van der Waals surface area (Å²) in [5, 5.41) is 9.58. The van der Waals surface area contributed by atoms with Crippen LogP contribution in [0, 0.1) is 0 Å². The summed E-state index contributed by atoms with van der Waals surface area (Å²) < 4.78 is 0. The number of fused-ring (bicyclic) bond motifs is 1. The minimum atomic E-state index is -0.487. The van der Waals surface area contributed by atoms with Crippen molar-refractivity contribution in [3.05, 3.63) is 21.4 Å². The highest BCUT2D eigenvalue weighted by atomic mass is 32.1. The maximum atomic E-state index is 12.7. The molecule has 112 valence electrons. The monoisotopic (exact) mass is 295 g/mol. The van der Waals surface area contributed by atoms with Gasteiger partial charge in [0.25, 0.3) is 5.91 Å². The van der Waals surface area contributed by atoms with Crippen LogP contribution in [0.3, 0.4) is 0 Å². The Bertz CT molecular complexity index is 442.